The first kappa shape index (κ1) is 10.5. The van der Waals surface area contributed by atoms with Crippen molar-refractivity contribution >= 4 is 5.69 Å². The molecule has 0 spiro atoms. The van der Waals surface area contributed by atoms with Crippen LogP contribution < -0.4 is 5.32 Å². The van der Waals surface area contributed by atoms with Gasteiger partial charge in [-0.15, -0.1) is 0 Å². The summed E-state index contributed by atoms with van der Waals surface area (Å²) in [5.41, 5.74) is 1.01. The maximum absolute atomic E-state index is 12.9. The highest BCUT2D eigenvalue weighted by Gasteiger charge is 2.00. The number of nitrogens with one attached hydrogen (secondary N) is 1. The van der Waals surface area contributed by atoms with Crippen LogP contribution in [0.25, 0.3) is 0 Å². The van der Waals surface area contributed by atoms with Crippen LogP contribution in [-0.4, -0.2) is 6.54 Å². The molecular weight excluding hydrogens is 179 g/mol. The molecule has 0 aliphatic carbocycles. The molecule has 1 rings (SSSR count). The lowest BCUT2D eigenvalue weighted by molar-refractivity contribution is 0.627. The summed E-state index contributed by atoms with van der Waals surface area (Å²) in [5, 5.41) is 11.7. The zero-order chi connectivity index (χ0) is 10.6. The first-order valence-electron chi connectivity index (χ1n) is 4.56. The summed E-state index contributed by atoms with van der Waals surface area (Å²) in [6.45, 7) is 4.91. The van der Waals surface area contributed by atoms with Gasteiger partial charge in [0, 0.05) is 12.2 Å². The van der Waals surface area contributed by atoms with Crippen LogP contribution in [0.15, 0.2) is 18.2 Å². The van der Waals surface area contributed by atoms with E-state index < -0.39 is 0 Å². The minimum atomic E-state index is -0.379. The molecule has 74 valence electrons. The summed E-state index contributed by atoms with van der Waals surface area (Å²) in [4.78, 5) is 0. The van der Waals surface area contributed by atoms with Crippen LogP contribution >= 0.6 is 0 Å². The van der Waals surface area contributed by atoms with Gasteiger partial charge in [-0.2, -0.15) is 5.26 Å². The Morgan fingerprint density at radius 3 is 2.71 bits per heavy atom. The van der Waals surface area contributed by atoms with Gasteiger partial charge in [-0.1, -0.05) is 13.8 Å². The Morgan fingerprint density at radius 2 is 2.14 bits per heavy atom. The molecule has 0 aliphatic heterocycles. The second-order valence-corrected chi connectivity index (χ2v) is 3.62. The first-order valence-corrected chi connectivity index (χ1v) is 4.56. The van der Waals surface area contributed by atoms with Crippen molar-refractivity contribution in [3.63, 3.8) is 0 Å². The average Bonchev–Trinajstić information content (AvgIpc) is 2.14. The van der Waals surface area contributed by atoms with E-state index in [0.29, 0.717) is 17.2 Å². The highest BCUT2D eigenvalue weighted by molar-refractivity contribution is 5.49. The lowest BCUT2D eigenvalue weighted by Crippen LogP contribution is -2.08. The smallest absolute Gasteiger partial charge is 0.126 e. The molecule has 0 fully saturated rings. The van der Waals surface area contributed by atoms with Crippen molar-refractivity contribution in [3.05, 3.63) is 29.6 Å². The van der Waals surface area contributed by atoms with Crippen molar-refractivity contribution in [2.75, 3.05) is 11.9 Å². The number of hydrogen-bond donors (Lipinski definition) is 1. The summed E-state index contributed by atoms with van der Waals surface area (Å²) >= 11 is 0. The highest BCUT2D eigenvalue weighted by atomic mass is 19.1. The quantitative estimate of drug-likeness (QED) is 0.799. The molecule has 0 aromatic heterocycles. The fraction of sp³-hybridized carbons (Fsp3) is 0.364. The van der Waals surface area contributed by atoms with Crippen molar-refractivity contribution in [1.29, 1.82) is 5.26 Å². The molecule has 2 nitrogen and oxygen atoms in total. The van der Waals surface area contributed by atoms with E-state index in [2.05, 4.69) is 19.2 Å². The van der Waals surface area contributed by atoms with Crippen LogP contribution in [0.2, 0.25) is 0 Å². The molecule has 1 aromatic carbocycles. The standard InChI is InChI=1S/C11H13FN2/c1-8(2)7-14-11-4-9(6-13)3-10(12)5-11/h3-5,8,14H,7H2,1-2H3. The predicted molar refractivity (Wildman–Crippen MR) is 54.4 cm³/mol. The molecule has 0 saturated heterocycles. The van der Waals surface area contributed by atoms with E-state index >= 15 is 0 Å². The molecule has 0 bridgehead atoms. The Bertz CT molecular complexity index is 353. The van der Waals surface area contributed by atoms with Gasteiger partial charge in [0.15, 0.2) is 0 Å². The number of benzene rings is 1. The van der Waals surface area contributed by atoms with Gasteiger partial charge >= 0.3 is 0 Å². The largest absolute Gasteiger partial charge is 0.385 e. The molecular formula is C11H13FN2. The predicted octanol–water partition coefficient (Wildman–Crippen LogP) is 2.77. The van der Waals surface area contributed by atoms with Crippen LogP contribution in [0.1, 0.15) is 19.4 Å². The van der Waals surface area contributed by atoms with Crippen molar-refractivity contribution < 1.29 is 4.39 Å². The summed E-state index contributed by atoms with van der Waals surface area (Å²) in [6.07, 6.45) is 0. The van der Waals surface area contributed by atoms with Crippen LogP contribution in [0, 0.1) is 23.1 Å². The third-order valence-electron chi connectivity index (χ3n) is 1.74. The van der Waals surface area contributed by atoms with E-state index in [4.69, 9.17) is 5.26 Å². The van der Waals surface area contributed by atoms with Crippen molar-refractivity contribution in [3.8, 4) is 6.07 Å². The molecule has 1 aromatic rings. The van der Waals surface area contributed by atoms with E-state index in [1.54, 1.807) is 6.07 Å². The monoisotopic (exact) mass is 192 g/mol. The van der Waals surface area contributed by atoms with E-state index in [-0.39, 0.29) is 5.82 Å². The van der Waals surface area contributed by atoms with E-state index in [1.807, 2.05) is 6.07 Å². The summed E-state index contributed by atoms with van der Waals surface area (Å²) in [5.74, 6) is 0.110. The maximum atomic E-state index is 12.9. The normalized spacial score (nSPS) is 9.93. The van der Waals surface area contributed by atoms with E-state index in [1.165, 1.54) is 12.1 Å². The first-order chi connectivity index (χ1) is 6.61. The van der Waals surface area contributed by atoms with E-state index in [9.17, 15) is 4.39 Å². The zero-order valence-corrected chi connectivity index (χ0v) is 8.34. The Morgan fingerprint density at radius 1 is 1.43 bits per heavy atom. The molecule has 0 atom stereocenters. The van der Waals surface area contributed by atoms with Gasteiger partial charge in [-0.05, 0) is 24.1 Å². The van der Waals surface area contributed by atoms with Gasteiger partial charge in [0.1, 0.15) is 5.82 Å². The number of anilines is 1. The molecule has 1 N–H and O–H groups in total. The minimum absolute atomic E-state index is 0.344. The number of halogens is 1. The van der Waals surface area contributed by atoms with Crippen LogP contribution in [0.3, 0.4) is 0 Å². The third-order valence-corrected chi connectivity index (χ3v) is 1.74. The Balaban J connectivity index is 2.78. The molecule has 0 heterocycles. The van der Waals surface area contributed by atoms with Crippen molar-refractivity contribution in [2.45, 2.75) is 13.8 Å². The van der Waals surface area contributed by atoms with Gasteiger partial charge in [0.25, 0.3) is 0 Å². The van der Waals surface area contributed by atoms with Crippen LogP contribution in [-0.2, 0) is 0 Å². The Kier molecular flexibility index (Phi) is 3.47. The number of nitriles is 1. The second-order valence-electron chi connectivity index (χ2n) is 3.62. The van der Waals surface area contributed by atoms with Crippen LogP contribution in [0.4, 0.5) is 10.1 Å². The fourth-order valence-electron chi connectivity index (χ4n) is 1.08. The third kappa shape index (κ3) is 3.06. The molecule has 0 amide bonds. The minimum Gasteiger partial charge on any atom is -0.385 e. The van der Waals surface area contributed by atoms with Gasteiger partial charge in [-0.3, -0.25) is 0 Å². The molecule has 3 heteroatoms. The molecule has 0 saturated carbocycles. The Hall–Kier alpha value is -1.56. The van der Waals surface area contributed by atoms with Gasteiger partial charge in [0.05, 0.1) is 11.6 Å². The molecule has 0 unspecified atom stereocenters. The lowest BCUT2D eigenvalue weighted by Gasteiger charge is -2.08. The lowest BCUT2D eigenvalue weighted by atomic mass is 10.2. The fourth-order valence-corrected chi connectivity index (χ4v) is 1.08. The van der Waals surface area contributed by atoms with Gasteiger partial charge in [-0.25, -0.2) is 4.39 Å². The topological polar surface area (TPSA) is 35.8 Å². The van der Waals surface area contributed by atoms with Gasteiger partial charge in [0.2, 0.25) is 0 Å². The average molecular weight is 192 g/mol. The molecule has 0 aliphatic rings. The van der Waals surface area contributed by atoms with E-state index in [0.717, 1.165) is 6.54 Å². The van der Waals surface area contributed by atoms with Crippen molar-refractivity contribution in [2.24, 2.45) is 5.92 Å². The van der Waals surface area contributed by atoms with Crippen molar-refractivity contribution in [1.82, 2.24) is 0 Å². The summed E-state index contributed by atoms with van der Waals surface area (Å²) in [7, 11) is 0. The highest BCUT2D eigenvalue weighted by Crippen LogP contribution is 2.13. The van der Waals surface area contributed by atoms with Gasteiger partial charge < -0.3 is 5.32 Å². The number of rotatable bonds is 3. The summed E-state index contributed by atoms with van der Waals surface area (Å²) in [6, 6.07) is 6.17. The summed E-state index contributed by atoms with van der Waals surface area (Å²) < 4.78 is 12.9. The second kappa shape index (κ2) is 4.61. The van der Waals surface area contributed by atoms with Crippen LogP contribution in [0.5, 0.6) is 0 Å². The SMILES string of the molecule is CC(C)CNc1cc(F)cc(C#N)c1. The zero-order valence-electron chi connectivity index (χ0n) is 8.34. The maximum Gasteiger partial charge on any atom is 0.126 e. The number of nitrogens with zero attached hydrogens (tertiary/aromatic N) is 1. The molecule has 14 heavy (non-hydrogen) atoms. The molecule has 0 radical (unpaired) electrons. The Labute approximate surface area is 83.4 Å². The number of hydrogen-bond acceptors (Lipinski definition) is 2.